The summed E-state index contributed by atoms with van der Waals surface area (Å²) in [5.41, 5.74) is 0.770. The van der Waals surface area contributed by atoms with E-state index in [4.69, 9.17) is 9.26 Å². The Morgan fingerprint density at radius 2 is 2.00 bits per heavy atom. The second-order valence-corrected chi connectivity index (χ2v) is 4.21. The van der Waals surface area contributed by atoms with Gasteiger partial charge in [0, 0.05) is 5.56 Å². The number of fused-ring (bicyclic) bond motifs is 1. The molecule has 0 N–H and O–H groups in total. The normalized spacial score (nSPS) is 10.7. The van der Waals surface area contributed by atoms with Crippen LogP contribution in [-0.2, 0) is 4.74 Å². The molecule has 3 rings (SSSR count). The number of rotatable bonds is 3. The molecule has 0 aliphatic rings. The Morgan fingerprint density at radius 1 is 1.20 bits per heavy atom. The van der Waals surface area contributed by atoms with E-state index < -0.39 is 5.97 Å². The summed E-state index contributed by atoms with van der Waals surface area (Å²) in [4.78, 5) is 15.5. The molecule has 0 aliphatic carbocycles. The molecule has 1 aromatic heterocycles. The Balaban J connectivity index is 1.96. The third-order valence-electron chi connectivity index (χ3n) is 2.88. The fraction of sp³-hybridized carbons (Fsp3) is 0.133. The summed E-state index contributed by atoms with van der Waals surface area (Å²) < 4.78 is 9.93. The van der Waals surface area contributed by atoms with E-state index in [2.05, 4.69) is 10.1 Å². The predicted octanol–water partition coefficient (Wildman–Crippen LogP) is 3.07. The number of esters is 1. The van der Waals surface area contributed by atoms with Crippen LogP contribution in [0.5, 0.6) is 0 Å². The van der Waals surface area contributed by atoms with E-state index in [1.807, 2.05) is 42.5 Å². The molecule has 0 spiro atoms. The molecule has 0 atom stereocenters. The Morgan fingerprint density at radius 3 is 2.80 bits per heavy atom. The zero-order valence-corrected chi connectivity index (χ0v) is 10.9. The first-order chi connectivity index (χ1) is 9.78. The molecule has 0 fully saturated rings. The van der Waals surface area contributed by atoms with Crippen LogP contribution in [0.1, 0.15) is 17.5 Å². The van der Waals surface area contributed by atoms with Gasteiger partial charge in [-0.1, -0.05) is 30.3 Å². The van der Waals surface area contributed by atoms with Gasteiger partial charge in [-0.2, -0.15) is 4.98 Å². The highest BCUT2D eigenvalue weighted by Gasteiger charge is 2.16. The molecule has 0 saturated heterocycles. The third-order valence-corrected chi connectivity index (χ3v) is 2.88. The Hall–Kier alpha value is -2.69. The van der Waals surface area contributed by atoms with Gasteiger partial charge in [-0.25, -0.2) is 4.79 Å². The van der Waals surface area contributed by atoms with Gasteiger partial charge in [0.1, 0.15) is 0 Å². The maximum atomic E-state index is 11.5. The van der Waals surface area contributed by atoms with Crippen molar-refractivity contribution in [1.82, 2.24) is 10.1 Å². The molecule has 0 bridgehead atoms. The van der Waals surface area contributed by atoms with Crippen LogP contribution in [0.4, 0.5) is 0 Å². The van der Waals surface area contributed by atoms with Crippen LogP contribution >= 0.6 is 0 Å². The van der Waals surface area contributed by atoms with Crippen molar-refractivity contribution in [1.29, 1.82) is 0 Å². The molecule has 3 aromatic rings. The van der Waals surface area contributed by atoms with Crippen molar-refractivity contribution >= 4 is 16.7 Å². The zero-order chi connectivity index (χ0) is 13.9. The van der Waals surface area contributed by atoms with Crippen molar-refractivity contribution in [2.75, 3.05) is 6.61 Å². The highest BCUT2D eigenvalue weighted by Crippen LogP contribution is 2.23. The molecule has 5 heteroatoms. The van der Waals surface area contributed by atoms with Crippen molar-refractivity contribution < 1.29 is 14.1 Å². The van der Waals surface area contributed by atoms with Crippen molar-refractivity contribution in [3.05, 3.63) is 48.3 Å². The summed E-state index contributed by atoms with van der Waals surface area (Å²) in [5.74, 6) is -0.336. The van der Waals surface area contributed by atoms with Gasteiger partial charge in [0.25, 0.3) is 11.7 Å². The summed E-state index contributed by atoms with van der Waals surface area (Å²) in [7, 11) is 0. The van der Waals surface area contributed by atoms with Gasteiger partial charge >= 0.3 is 5.97 Å². The maximum absolute atomic E-state index is 11.5. The quantitative estimate of drug-likeness (QED) is 0.683. The first-order valence-electron chi connectivity index (χ1n) is 6.28. The number of aromatic nitrogens is 2. The number of benzene rings is 2. The predicted molar refractivity (Wildman–Crippen MR) is 73.2 cm³/mol. The van der Waals surface area contributed by atoms with E-state index in [0.29, 0.717) is 5.89 Å². The van der Waals surface area contributed by atoms with Gasteiger partial charge in [-0.15, -0.1) is 0 Å². The van der Waals surface area contributed by atoms with E-state index in [1.165, 1.54) is 0 Å². The van der Waals surface area contributed by atoms with E-state index in [-0.39, 0.29) is 12.4 Å². The second-order valence-electron chi connectivity index (χ2n) is 4.21. The van der Waals surface area contributed by atoms with Crippen molar-refractivity contribution in [3.63, 3.8) is 0 Å². The second kappa shape index (κ2) is 5.13. The smallest absolute Gasteiger partial charge is 0.379 e. The van der Waals surface area contributed by atoms with Gasteiger partial charge in [0.15, 0.2) is 0 Å². The Bertz CT molecular complexity index is 764. The van der Waals surface area contributed by atoms with Crippen molar-refractivity contribution in [2.45, 2.75) is 6.92 Å². The minimum absolute atomic E-state index is 0.0602. The molecule has 0 aliphatic heterocycles. The number of hydrogen-bond acceptors (Lipinski definition) is 5. The van der Waals surface area contributed by atoms with E-state index in [0.717, 1.165) is 16.3 Å². The average molecular weight is 268 g/mol. The van der Waals surface area contributed by atoms with Gasteiger partial charge < -0.3 is 9.26 Å². The summed E-state index contributed by atoms with van der Waals surface area (Å²) in [5, 5.41) is 5.83. The van der Waals surface area contributed by atoms with Gasteiger partial charge in [-0.05, 0) is 35.0 Å². The minimum Gasteiger partial charge on any atom is -0.460 e. The minimum atomic E-state index is -0.580. The molecule has 0 saturated carbocycles. The molecule has 2 aromatic carbocycles. The lowest BCUT2D eigenvalue weighted by atomic mass is 10.1. The number of carbonyl (C=O) groups is 1. The average Bonchev–Trinajstić information content (AvgIpc) is 2.97. The van der Waals surface area contributed by atoms with Crippen molar-refractivity contribution in [2.24, 2.45) is 0 Å². The molecule has 20 heavy (non-hydrogen) atoms. The first-order valence-corrected chi connectivity index (χ1v) is 6.28. The van der Waals surface area contributed by atoms with Gasteiger partial charge in [0.05, 0.1) is 6.61 Å². The van der Waals surface area contributed by atoms with Crippen molar-refractivity contribution in [3.8, 4) is 11.5 Å². The van der Waals surface area contributed by atoms with Crippen LogP contribution in [0, 0.1) is 0 Å². The Labute approximate surface area is 115 Å². The highest BCUT2D eigenvalue weighted by atomic mass is 16.5. The van der Waals surface area contributed by atoms with Crippen LogP contribution in [0.3, 0.4) is 0 Å². The molecule has 1 heterocycles. The lowest BCUT2D eigenvalue weighted by molar-refractivity contribution is 0.0508. The SMILES string of the molecule is CCOC(=O)c1noc(-c2ccc3ccccc3c2)n1. The number of carbonyl (C=O) groups excluding carboxylic acids is 1. The van der Waals surface area contributed by atoms with Crippen LogP contribution in [0.15, 0.2) is 47.0 Å². The van der Waals surface area contributed by atoms with Crippen LogP contribution in [0.25, 0.3) is 22.2 Å². The summed E-state index contributed by atoms with van der Waals surface area (Å²) >= 11 is 0. The summed E-state index contributed by atoms with van der Waals surface area (Å²) in [6.07, 6.45) is 0. The largest absolute Gasteiger partial charge is 0.460 e. The topological polar surface area (TPSA) is 65.2 Å². The molecule has 0 amide bonds. The molecule has 0 radical (unpaired) electrons. The fourth-order valence-corrected chi connectivity index (χ4v) is 1.94. The lowest BCUT2D eigenvalue weighted by Gasteiger charge is -1.99. The number of ether oxygens (including phenoxy) is 1. The number of hydrogen-bond donors (Lipinski definition) is 0. The standard InChI is InChI=1S/C15H12N2O3/c1-2-19-15(18)13-16-14(20-17-13)12-8-7-10-5-3-4-6-11(10)9-12/h3-9H,2H2,1H3. The van der Waals surface area contributed by atoms with Gasteiger partial charge in [0.2, 0.25) is 0 Å². The highest BCUT2D eigenvalue weighted by molar-refractivity contribution is 5.87. The summed E-state index contributed by atoms with van der Waals surface area (Å²) in [6, 6.07) is 13.8. The van der Waals surface area contributed by atoms with Gasteiger partial charge in [-0.3, -0.25) is 0 Å². The molecule has 0 unspecified atom stereocenters. The summed E-state index contributed by atoms with van der Waals surface area (Å²) in [6.45, 7) is 2.00. The molecular weight excluding hydrogens is 256 g/mol. The molecular formula is C15H12N2O3. The lowest BCUT2D eigenvalue weighted by Crippen LogP contribution is -2.06. The Kier molecular flexibility index (Phi) is 3.16. The van der Waals surface area contributed by atoms with E-state index in [1.54, 1.807) is 6.92 Å². The third kappa shape index (κ3) is 2.25. The van der Waals surface area contributed by atoms with Crippen LogP contribution in [-0.4, -0.2) is 22.7 Å². The molecule has 5 nitrogen and oxygen atoms in total. The first kappa shape index (κ1) is 12.3. The number of nitrogens with zero attached hydrogens (tertiary/aromatic N) is 2. The van der Waals surface area contributed by atoms with E-state index >= 15 is 0 Å². The van der Waals surface area contributed by atoms with Crippen LogP contribution in [0.2, 0.25) is 0 Å². The monoisotopic (exact) mass is 268 g/mol. The zero-order valence-electron chi connectivity index (χ0n) is 10.9. The fourth-order valence-electron chi connectivity index (χ4n) is 1.94. The maximum Gasteiger partial charge on any atom is 0.379 e. The van der Waals surface area contributed by atoms with Crippen LogP contribution < -0.4 is 0 Å². The molecule has 100 valence electrons. The van der Waals surface area contributed by atoms with E-state index in [9.17, 15) is 4.79 Å².